The normalized spacial score (nSPS) is 19.1. The molecule has 0 spiro atoms. The fourth-order valence-corrected chi connectivity index (χ4v) is 4.57. The van der Waals surface area contributed by atoms with Gasteiger partial charge in [-0.1, -0.05) is 54.1 Å². The molecule has 2 saturated heterocycles. The molecular weight excluding hydrogens is 454 g/mol. The van der Waals surface area contributed by atoms with Crippen LogP contribution in [0.15, 0.2) is 54.6 Å². The van der Waals surface area contributed by atoms with E-state index in [1.54, 1.807) is 17.0 Å². The van der Waals surface area contributed by atoms with Gasteiger partial charge in [-0.2, -0.15) is 0 Å². The summed E-state index contributed by atoms with van der Waals surface area (Å²) in [6, 6.07) is 16.9. The minimum atomic E-state index is -0.246. The van der Waals surface area contributed by atoms with Crippen LogP contribution in [-0.4, -0.2) is 98.3 Å². The largest absolute Gasteiger partial charge is 0.379 e. The maximum atomic E-state index is 13.3. The molecule has 0 radical (unpaired) electrons. The van der Waals surface area contributed by atoms with Crippen LogP contribution < -0.4 is 0 Å². The van der Waals surface area contributed by atoms with E-state index in [9.17, 15) is 9.59 Å². The Hall–Kier alpha value is -2.45. The molecule has 1 unspecified atom stereocenters. The van der Waals surface area contributed by atoms with E-state index >= 15 is 0 Å². The number of ether oxygens (including phenoxy) is 2. The summed E-state index contributed by atoms with van der Waals surface area (Å²) in [5.74, 6) is -0.0352. The van der Waals surface area contributed by atoms with E-state index in [0.29, 0.717) is 49.8 Å². The number of benzene rings is 2. The van der Waals surface area contributed by atoms with Crippen LogP contribution in [0.5, 0.6) is 0 Å². The lowest BCUT2D eigenvalue weighted by Crippen LogP contribution is -2.52. The van der Waals surface area contributed by atoms with Crippen LogP contribution >= 0.6 is 11.6 Å². The Morgan fingerprint density at radius 1 is 0.971 bits per heavy atom. The van der Waals surface area contributed by atoms with E-state index in [4.69, 9.17) is 21.1 Å². The average Bonchev–Trinajstić information content (AvgIpc) is 2.88. The van der Waals surface area contributed by atoms with E-state index in [1.165, 1.54) is 0 Å². The van der Waals surface area contributed by atoms with Gasteiger partial charge in [0.15, 0.2) is 0 Å². The number of amides is 2. The Morgan fingerprint density at radius 3 is 2.47 bits per heavy atom. The number of hydrogen-bond acceptors (Lipinski definition) is 5. The van der Waals surface area contributed by atoms with Crippen LogP contribution in [0.2, 0.25) is 5.02 Å². The van der Waals surface area contributed by atoms with Gasteiger partial charge >= 0.3 is 0 Å². The number of hydrogen-bond donors (Lipinski definition) is 0. The molecule has 0 saturated carbocycles. The monoisotopic (exact) mass is 485 g/mol. The second-order valence-electron chi connectivity index (χ2n) is 8.68. The number of rotatable bonds is 8. The fourth-order valence-electron chi connectivity index (χ4n) is 4.35. The summed E-state index contributed by atoms with van der Waals surface area (Å²) in [6.07, 6.45) is 0.100. The van der Waals surface area contributed by atoms with Gasteiger partial charge in [0.2, 0.25) is 5.91 Å². The second-order valence-corrected chi connectivity index (χ2v) is 9.09. The van der Waals surface area contributed by atoms with Crippen LogP contribution in [0.1, 0.15) is 15.9 Å². The molecule has 0 N–H and O–H groups in total. The van der Waals surface area contributed by atoms with Gasteiger partial charge in [0, 0.05) is 45.8 Å². The molecule has 2 fully saturated rings. The van der Waals surface area contributed by atoms with Crippen molar-refractivity contribution in [2.75, 3.05) is 65.6 Å². The van der Waals surface area contributed by atoms with E-state index in [0.717, 1.165) is 38.4 Å². The summed E-state index contributed by atoms with van der Waals surface area (Å²) in [4.78, 5) is 32.3. The van der Waals surface area contributed by atoms with Crippen molar-refractivity contribution >= 4 is 23.4 Å². The lowest BCUT2D eigenvalue weighted by atomic mass is 10.1. The lowest BCUT2D eigenvalue weighted by Gasteiger charge is -2.37. The number of halogens is 1. The summed E-state index contributed by atoms with van der Waals surface area (Å²) in [6.45, 7) is 6.42. The van der Waals surface area contributed by atoms with Crippen molar-refractivity contribution in [3.8, 4) is 0 Å². The van der Waals surface area contributed by atoms with Crippen molar-refractivity contribution in [2.45, 2.75) is 12.5 Å². The molecule has 182 valence electrons. The van der Waals surface area contributed by atoms with Crippen LogP contribution in [0.25, 0.3) is 0 Å². The topological polar surface area (TPSA) is 62.3 Å². The summed E-state index contributed by atoms with van der Waals surface area (Å²) in [5.41, 5.74) is 1.48. The predicted octanol–water partition coefficient (Wildman–Crippen LogP) is 2.58. The van der Waals surface area contributed by atoms with Gasteiger partial charge in [-0.25, -0.2) is 0 Å². The Balaban J connectivity index is 1.40. The third kappa shape index (κ3) is 6.79. The van der Waals surface area contributed by atoms with Gasteiger partial charge in [-0.15, -0.1) is 0 Å². The summed E-state index contributed by atoms with van der Waals surface area (Å²) in [7, 11) is 0. The van der Waals surface area contributed by atoms with Crippen molar-refractivity contribution in [1.82, 2.24) is 14.7 Å². The molecule has 2 aromatic carbocycles. The summed E-state index contributed by atoms with van der Waals surface area (Å²) in [5, 5.41) is 0.445. The molecule has 4 rings (SSSR count). The Labute approximate surface area is 206 Å². The number of carbonyl (C=O) groups excluding carboxylic acids is 2. The van der Waals surface area contributed by atoms with Gasteiger partial charge in [-0.05, 0) is 17.7 Å². The van der Waals surface area contributed by atoms with Crippen molar-refractivity contribution in [1.29, 1.82) is 0 Å². The minimum absolute atomic E-state index is 0.0672. The highest BCUT2D eigenvalue weighted by atomic mass is 35.5. The number of nitrogens with zero attached hydrogens (tertiary/aromatic N) is 3. The van der Waals surface area contributed by atoms with Crippen molar-refractivity contribution < 1.29 is 19.1 Å². The summed E-state index contributed by atoms with van der Waals surface area (Å²) < 4.78 is 11.4. The van der Waals surface area contributed by atoms with Gasteiger partial charge in [0.1, 0.15) is 0 Å². The maximum absolute atomic E-state index is 13.3. The molecule has 1 atom stereocenters. The van der Waals surface area contributed by atoms with Crippen molar-refractivity contribution in [3.63, 3.8) is 0 Å². The molecule has 0 aliphatic carbocycles. The molecule has 2 heterocycles. The molecular formula is C26H32ClN3O4. The first kappa shape index (κ1) is 24.7. The number of morpholine rings is 2. The molecule has 2 aromatic rings. The zero-order valence-corrected chi connectivity index (χ0v) is 20.2. The average molecular weight is 486 g/mol. The third-order valence-corrected chi connectivity index (χ3v) is 6.62. The highest BCUT2D eigenvalue weighted by Crippen LogP contribution is 2.19. The quantitative estimate of drug-likeness (QED) is 0.575. The van der Waals surface area contributed by atoms with Crippen molar-refractivity contribution in [2.24, 2.45) is 0 Å². The van der Waals surface area contributed by atoms with Crippen LogP contribution in [-0.2, 0) is 20.7 Å². The smallest absolute Gasteiger partial charge is 0.255 e. The van der Waals surface area contributed by atoms with Gasteiger partial charge in [0.25, 0.3) is 5.91 Å². The lowest BCUT2D eigenvalue weighted by molar-refractivity contribution is -0.134. The maximum Gasteiger partial charge on any atom is 0.255 e. The molecule has 2 aliphatic heterocycles. The third-order valence-electron chi connectivity index (χ3n) is 6.30. The highest BCUT2D eigenvalue weighted by Gasteiger charge is 2.29. The van der Waals surface area contributed by atoms with Crippen LogP contribution in [0.4, 0.5) is 0 Å². The first-order valence-corrected chi connectivity index (χ1v) is 12.2. The SMILES string of the molecule is O=C(Cc1ccccc1)N(CCN1CCOCC1)CC1CN(C(=O)c2ccccc2Cl)CCO1. The zero-order chi connectivity index (χ0) is 23.8. The van der Waals surface area contributed by atoms with E-state index < -0.39 is 0 Å². The Kier molecular flexibility index (Phi) is 8.93. The first-order chi connectivity index (χ1) is 16.6. The van der Waals surface area contributed by atoms with Crippen LogP contribution in [0, 0.1) is 0 Å². The minimum Gasteiger partial charge on any atom is -0.379 e. The molecule has 0 bridgehead atoms. The van der Waals surface area contributed by atoms with E-state index in [-0.39, 0.29) is 17.9 Å². The van der Waals surface area contributed by atoms with Crippen LogP contribution in [0.3, 0.4) is 0 Å². The predicted molar refractivity (Wildman–Crippen MR) is 131 cm³/mol. The van der Waals surface area contributed by atoms with Gasteiger partial charge in [-0.3, -0.25) is 14.5 Å². The van der Waals surface area contributed by atoms with E-state index in [2.05, 4.69) is 4.90 Å². The van der Waals surface area contributed by atoms with Gasteiger partial charge in [0.05, 0.1) is 42.9 Å². The molecule has 0 aromatic heterocycles. The molecule has 2 aliphatic rings. The first-order valence-electron chi connectivity index (χ1n) is 11.9. The number of carbonyl (C=O) groups is 2. The highest BCUT2D eigenvalue weighted by molar-refractivity contribution is 6.33. The Bertz CT molecular complexity index is 952. The molecule has 8 heteroatoms. The standard InChI is InChI=1S/C26H32ClN3O4/c27-24-9-5-4-8-23(24)26(32)30-14-17-34-22(20-30)19-29(11-10-28-12-15-33-16-13-28)25(31)18-21-6-2-1-3-7-21/h1-9,22H,10-20H2. The zero-order valence-electron chi connectivity index (χ0n) is 19.4. The molecule has 7 nitrogen and oxygen atoms in total. The van der Waals surface area contributed by atoms with Crippen molar-refractivity contribution in [3.05, 3.63) is 70.7 Å². The second kappa shape index (κ2) is 12.3. The van der Waals surface area contributed by atoms with E-state index in [1.807, 2.05) is 47.4 Å². The van der Waals surface area contributed by atoms with Gasteiger partial charge < -0.3 is 19.3 Å². The fraction of sp³-hybridized carbons (Fsp3) is 0.462. The molecule has 2 amide bonds. The summed E-state index contributed by atoms with van der Waals surface area (Å²) >= 11 is 6.25. The Morgan fingerprint density at radius 2 is 1.71 bits per heavy atom. The molecule has 34 heavy (non-hydrogen) atoms.